The van der Waals surface area contributed by atoms with Gasteiger partial charge >= 0.3 is 0 Å². The number of hydrogen-bond acceptors (Lipinski definition) is 7. The van der Waals surface area contributed by atoms with Gasteiger partial charge in [0.1, 0.15) is 28.0 Å². The molecule has 0 spiro atoms. The van der Waals surface area contributed by atoms with Crippen LogP contribution < -0.4 is 15.2 Å². The van der Waals surface area contributed by atoms with Crippen molar-refractivity contribution in [2.75, 3.05) is 30.7 Å². The van der Waals surface area contributed by atoms with E-state index in [-0.39, 0.29) is 23.3 Å². The fraction of sp³-hybridized carbons (Fsp3) is 0.156. The largest absolute Gasteiger partial charge is 0.480 e. The molecule has 3 N–H and O–H groups in total. The number of carbonyl (C=O) groups is 1. The summed E-state index contributed by atoms with van der Waals surface area (Å²) in [5.41, 5.74) is 9.80. The number of fused-ring (bicyclic) bond motifs is 1. The average molecular weight is 650 g/mol. The van der Waals surface area contributed by atoms with Crippen molar-refractivity contribution >= 4 is 49.9 Å². The second-order valence-corrected chi connectivity index (χ2v) is 12.5. The van der Waals surface area contributed by atoms with Crippen molar-refractivity contribution in [1.82, 2.24) is 14.9 Å². The Hall–Kier alpha value is -4.81. The highest BCUT2D eigenvalue weighted by atomic mass is 35.5. The quantitative estimate of drug-likeness (QED) is 0.205. The zero-order chi connectivity index (χ0) is 31.9. The Morgan fingerprint density at radius 3 is 2.44 bits per heavy atom. The summed E-state index contributed by atoms with van der Waals surface area (Å²) in [7, 11) is -3.14. The fourth-order valence-corrected chi connectivity index (χ4v) is 6.66. The van der Waals surface area contributed by atoms with Crippen molar-refractivity contribution < 1.29 is 26.7 Å². The lowest BCUT2D eigenvalue weighted by molar-refractivity contribution is 0.0793. The van der Waals surface area contributed by atoms with Gasteiger partial charge in [0.2, 0.25) is 5.88 Å². The van der Waals surface area contributed by atoms with Crippen LogP contribution in [0.5, 0.6) is 5.88 Å². The van der Waals surface area contributed by atoms with Gasteiger partial charge in [-0.15, -0.1) is 0 Å². The van der Waals surface area contributed by atoms with Crippen molar-refractivity contribution in [3.05, 3.63) is 95.1 Å². The molecule has 13 heteroatoms. The van der Waals surface area contributed by atoms with E-state index in [1.54, 1.807) is 35.2 Å². The first-order valence-corrected chi connectivity index (χ1v) is 15.7. The first-order valence-electron chi connectivity index (χ1n) is 13.9. The molecule has 0 aliphatic carbocycles. The Kier molecular flexibility index (Phi) is 8.02. The van der Waals surface area contributed by atoms with Gasteiger partial charge in [-0.3, -0.25) is 9.52 Å². The van der Waals surface area contributed by atoms with E-state index in [1.165, 1.54) is 19.4 Å². The van der Waals surface area contributed by atoms with Gasteiger partial charge in [0.05, 0.1) is 23.2 Å². The van der Waals surface area contributed by atoms with Crippen LogP contribution in [0.3, 0.4) is 0 Å². The number of methoxy groups -OCH3 is 1. The number of ether oxygens (including phenoxy) is 1. The number of halogens is 3. The molecule has 45 heavy (non-hydrogen) atoms. The molecule has 2 aromatic heterocycles. The number of nitrogens with zero attached hydrogens (tertiary/aromatic N) is 3. The molecular weight excluding hydrogens is 624 g/mol. The Balaban J connectivity index is 1.34. The molecule has 1 aliphatic rings. The van der Waals surface area contributed by atoms with Gasteiger partial charge in [-0.1, -0.05) is 23.7 Å². The minimum absolute atomic E-state index is 0.0480. The van der Waals surface area contributed by atoms with Gasteiger partial charge in [-0.05, 0) is 72.5 Å². The van der Waals surface area contributed by atoms with Crippen molar-refractivity contribution in [3.8, 4) is 28.1 Å². The van der Waals surface area contributed by atoms with E-state index in [9.17, 15) is 22.0 Å². The summed E-state index contributed by atoms with van der Waals surface area (Å²) in [5, 5.41) is 1.04. The van der Waals surface area contributed by atoms with Crippen LogP contribution in [0, 0.1) is 11.6 Å². The van der Waals surface area contributed by atoms with Crippen LogP contribution in [0.4, 0.5) is 20.3 Å². The zero-order valence-electron chi connectivity index (χ0n) is 23.9. The lowest BCUT2D eigenvalue weighted by Gasteiger charge is -2.17. The molecule has 6 rings (SSSR count). The number of nitrogen functional groups attached to an aromatic ring is 1. The fourth-order valence-electron chi connectivity index (χ4n) is 5.29. The molecule has 3 heterocycles. The molecular formula is C32H26ClF2N5O4S. The Morgan fingerprint density at radius 2 is 1.73 bits per heavy atom. The topological polar surface area (TPSA) is 128 Å². The van der Waals surface area contributed by atoms with Crippen LogP contribution in [0.1, 0.15) is 23.2 Å². The molecule has 3 aromatic carbocycles. The second kappa shape index (κ2) is 11.9. The predicted molar refractivity (Wildman–Crippen MR) is 169 cm³/mol. The number of nitrogens with two attached hydrogens (primary N) is 1. The zero-order valence-corrected chi connectivity index (χ0v) is 25.4. The first-order chi connectivity index (χ1) is 21.5. The molecule has 230 valence electrons. The van der Waals surface area contributed by atoms with Crippen molar-refractivity contribution in [3.63, 3.8) is 0 Å². The third kappa shape index (κ3) is 5.98. The van der Waals surface area contributed by atoms with Crippen molar-refractivity contribution in [1.29, 1.82) is 0 Å². The minimum Gasteiger partial charge on any atom is -0.480 e. The lowest BCUT2D eigenvalue weighted by Crippen LogP contribution is -2.27. The molecule has 1 amide bonds. The molecule has 1 saturated heterocycles. The molecule has 5 aromatic rings. The van der Waals surface area contributed by atoms with E-state index in [2.05, 4.69) is 14.7 Å². The summed E-state index contributed by atoms with van der Waals surface area (Å²) in [6, 6.07) is 16.1. The summed E-state index contributed by atoms with van der Waals surface area (Å²) in [5.74, 6) is -2.02. The maximum Gasteiger partial charge on any atom is 0.264 e. The smallest absolute Gasteiger partial charge is 0.264 e. The maximum atomic E-state index is 14.3. The summed E-state index contributed by atoms with van der Waals surface area (Å²) in [6.07, 6.45) is 3.45. The third-order valence-electron chi connectivity index (χ3n) is 7.55. The number of likely N-dealkylation sites (tertiary alicyclic amines) is 1. The van der Waals surface area contributed by atoms with Crippen LogP contribution in [-0.2, 0) is 10.0 Å². The number of amides is 1. The van der Waals surface area contributed by atoms with Crippen LogP contribution in [0.2, 0.25) is 5.02 Å². The van der Waals surface area contributed by atoms with Gasteiger partial charge in [0, 0.05) is 41.9 Å². The molecule has 9 nitrogen and oxygen atoms in total. The van der Waals surface area contributed by atoms with E-state index < -0.39 is 26.6 Å². The minimum atomic E-state index is -4.46. The number of sulfonamides is 1. The highest BCUT2D eigenvalue weighted by molar-refractivity contribution is 7.92. The van der Waals surface area contributed by atoms with Crippen molar-refractivity contribution in [2.45, 2.75) is 17.7 Å². The van der Waals surface area contributed by atoms with Gasteiger partial charge < -0.3 is 15.4 Å². The molecule has 0 atom stereocenters. The lowest BCUT2D eigenvalue weighted by atomic mass is 10.00. The molecule has 1 fully saturated rings. The van der Waals surface area contributed by atoms with E-state index in [4.69, 9.17) is 22.1 Å². The summed E-state index contributed by atoms with van der Waals surface area (Å²) < 4.78 is 61.1. The van der Waals surface area contributed by atoms with E-state index in [1.807, 2.05) is 12.1 Å². The van der Waals surface area contributed by atoms with Crippen LogP contribution in [-0.4, -0.2) is 49.4 Å². The Bertz CT molecular complexity index is 2090. The maximum absolute atomic E-state index is 14.3. The van der Waals surface area contributed by atoms with Gasteiger partial charge in [0.15, 0.2) is 0 Å². The Morgan fingerprint density at radius 1 is 0.978 bits per heavy atom. The summed E-state index contributed by atoms with van der Waals surface area (Å²) in [4.78, 5) is 22.7. The number of nitrogens with one attached hydrogen (secondary N) is 1. The van der Waals surface area contributed by atoms with Crippen LogP contribution in [0.15, 0.2) is 77.8 Å². The van der Waals surface area contributed by atoms with Gasteiger partial charge in [0.25, 0.3) is 15.9 Å². The molecule has 0 radical (unpaired) electrons. The third-order valence-corrected chi connectivity index (χ3v) is 9.27. The molecule has 1 aliphatic heterocycles. The number of carbonyl (C=O) groups excluding carboxylic acids is 1. The molecule has 0 unspecified atom stereocenters. The number of anilines is 2. The highest BCUT2D eigenvalue weighted by Crippen LogP contribution is 2.35. The van der Waals surface area contributed by atoms with E-state index in [0.29, 0.717) is 57.5 Å². The summed E-state index contributed by atoms with van der Waals surface area (Å²) in [6.45, 7) is 1.43. The van der Waals surface area contributed by atoms with E-state index >= 15 is 0 Å². The molecule has 0 bridgehead atoms. The number of pyridine rings is 2. The van der Waals surface area contributed by atoms with Crippen molar-refractivity contribution in [2.24, 2.45) is 0 Å². The summed E-state index contributed by atoms with van der Waals surface area (Å²) >= 11 is 6.56. The SMILES string of the molecule is COc1ncc(-c2ccc3nc(N)c(-c4ccc(C(=O)N5CCCC5)c(Cl)c4)cc3c2)cc1NS(=O)(=O)c1ccc(F)cc1F. The van der Waals surface area contributed by atoms with Gasteiger partial charge in [-0.2, -0.15) is 0 Å². The number of aromatic nitrogens is 2. The van der Waals surface area contributed by atoms with Crippen LogP contribution >= 0.6 is 11.6 Å². The Labute approximate surface area is 262 Å². The predicted octanol–water partition coefficient (Wildman–Crippen LogP) is 6.52. The second-order valence-electron chi connectivity index (χ2n) is 10.5. The van der Waals surface area contributed by atoms with Gasteiger partial charge in [-0.25, -0.2) is 27.2 Å². The normalized spacial score (nSPS) is 13.3. The number of rotatable bonds is 7. The monoisotopic (exact) mass is 649 g/mol. The van der Waals surface area contributed by atoms with Crippen LogP contribution in [0.25, 0.3) is 33.2 Å². The standard InChI is InChI=1S/C32H26ClF2N5O4S/c1-44-31-28(39-45(42,43)29-9-6-22(34)16-26(29)35)15-21(17-37-31)18-5-8-27-20(12-18)13-24(30(36)38-27)19-4-7-23(25(33)14-19)32(41)40-10-2-3-11-40/h4-9,12-17,39H,2-3,10-11H2,1H3,(H2,36,38). The first kappa shape index (κ1) is 30.2. The number of benzene rings is 3. The number of hydrogen-bond donors (Lipinski definition) is 2. The average Bonchev–Trinajstić information content (AvgIpc) is 3.55. The molecule has 0 saturated carbocycles. The van der Waals surface area contributed by atoms with E-state index in [0.717, 1.165) is 30.4 Å². The highest BCUT2D eigenvalue weighted by Gasteiger charge is 2.24.